The number of hydrogen-bond donors (Lipinski definition) is 2. The van der Waals surface area contributed by atoms with E-state index in [1.54, 1.807) is 13.8 Å². The Bertz CT molecular complexity index is 746. The Balaban J connectivity index is 2.09. The molecule has 0 fully saturated rings. The SMILES string of the molecule is C[C@@H](O)CCCCOc1nn(CCCC[C@@H](C)O)c(=O)c2cnncc12. The highest BCUT2D eigenvalue weighted by molar-refractivity contribution is 5.84. The third-order valence-electron chi connectivity index (χ3n) is 4.13. The highest BCUT2D eigenvalue weighted by Gasteiger charge is 2.12. The van der Waals surface area contributed by atoms with Crippen molar-refractivity contribution in [1.29, 1.82) is 0 Å². The standard InChI is InChI=1S/C18H28N4O4/c1-13(23)7-3-5-9-22-18(25)16-12-20-19-11-15(16)17(21-22)26-10-6-4-8-14(2)24/h11-14,23-24H,3-10H2,1-2H3/t13-,14-/m1/s1. The predicted octanol–water partition coefficient (Wildman–Crippen LogP) is 1.67. The molecule has 0 saturated heterocycles. The molecule has 2 N–H and O–H groups in total. The first-order valence-corrected chi connectivity index (χ1v) is 9.19. The molecule has 0 saturated carbocycles. The van der Waals surface area contributed by atoms with Crippen LogP contribution in [0.3, 0.4) is 0 Å². The Morgan fingerprint density at radius 2 is 1.62 bits per heavy atom. The zero-order valence-corrected chi connectivity index (χ0v) is 15.5. The Morgan fingerprint density at radius 3 is 2.27 bits per heavy atom. The molecule has 2 atom stereocenters. The van der Waals surface area contributed by atoms with Crippen molar-refractivity contribution >= 4 is 10.8 Å². The fourth-order valence-electron chi connectivity index (χ4n) is 2.68. The van der Waals surface area contributed by atoms with Crippen molar-refractivity contribution in [2.24, 2.45) is 0 Å². The van der Waals surface area contributed by atoms with Crippen LogP contribution in [-0.2, 0) is 6.54 Å². The lowest BCUT2D eigenvalue weighted by atomic mass is 10.2. The fourth-order valence-corrected chi connectivity index (χ4v) is 2.68. The monoisotopic (exact) mass is 364 g/mol. The molecule has 0 unspecified atom stereocenters. The van der Waals surface area contributed by atoms with Gasteiger partial charge in [0.15, 0.2) is 0 Å². The summed E-state index contributed by atoms with van der Waals surface area (Å²) in [6, 6.07) is 0. The quantitative estimate of drug-likeness (QED) is 0.583. The zero-order chi connectivity index (χ0) is 18.9. The van der Waals surface area contributed by atoms with Crippen molar-refractivity contribution in [2.75, 3.05) is 6.61 Å². The van der Waals surface area contributed by atoms with Crippen molar-refractivity contribution in [2.45, 2.75) is 71.1 Å². The van der Waals surface area contributed by atoms with Crippen LogP contribution in [-0.4, -0.2) is 49.0 Å². The van der Waals surface area contributed by atoms with E-state index in [0.29, 0.717) is 36.2 Å². The molecule has 8 heteroatoms. The molecule has 2 heterocycles. The molecule has 0 aliphatic carbocycles. The summed E-state index contributed by atoms with van der Waals surface area (Å²) in [4.78, 5) is 12.6. The van der Waals surface area contributed by atoms with E-state index in [0.717, 1.165) is 32.1 Å². The molecule has 2 rings (SSSR count). The van der Waals surface area contributed by atoms with Crippen LogP contribution in [0.5, 0.6) is 5.88 Å². The molecule has 0 aliphatic heterocycles. The summed E-state index contributed by atoms with van der Waals surface area (Å²) in [6.45, 7) is 4.43. The molecule has 0 aromatic carbocycles. The van der Waals surface area contributed by atoms with Gasteiger partial charge in [-0.1, -0.05) is 0 Å². The van der Waals surface area contributed by atoms with E-state index in [4.69, 9.17) is 4.74 Å². The van der Waals surface area contributed by atoms with Gasteiger partial charge in [0, 0.05) is 6.54 Å². The minimum atomic E-state index is -0.341. The summed E-state index contributed by atoms with van der Waals surface area (Å²) >= 11 is 0. The molecule has 0 radical (unpaired) electrons. The van der Waals surface area contributed by atoms with Gasteiger partial charge in [0.2, 0.25) is 5.88 Å². The lowest BCUT2D eigenvalue weighted by Crippen LogP contribution is -2.24. The molecule has 0 aliphatic rings. The average molecular weight is 364 g/mol. The lowest BCUT2D eigenvalue weighted by Gasteiger charge is -2.12. The maximum absolute atomic E-state index is 12.6. The molecule has 0 spiro atoms. The van der Waals surface area contributed by atoms with Crippen LogP contribution in [0.1, 0.15) is 52.4 Å². The van der Waals surface area contributed by atoms with Gasteiger partial charge in [-0.15, -0.1) is 5.10 Å². The van der Waals surface area contributed by atoms with Gasteiger partial charge in [-0.3, -0.25) is 4.79 Å². The molecule has 0 bridgehead atoms. The van der Waals surface area contributed by atoms with Gasteiger partial charge >= 0.3 is 0 Å². The number of rotatable bonds is 11. The molecule has 8 nitrogen and oxygen atoms in total. The maximum atomic E-state index is 12.6. The Labute approximate surface area is 152 Å². The smallest absolute Gasteiger partial charge is 0.276 e. The summed E-state index contributed by atoms with van der Waals surface area (Å²) < 4.78 is 7.18. The van der Waals surface area contributed by atoms with Gasteiger partial charge in [0.25, 0.3) is 5.56 Å². The average Bonchev–Trinajstić information content (AvgIpc) is 2.61. The highest BCUT2D eigenvalue weighted by Crippen LogP contribution is 2.19. The minimum Gasteiger partial charge on any atom is -0.476 e. The van der Waals surface area contributed by atoms with Crippen molar-refractivity contribution < 1.29 is 14.9 Å². The normalized spacial score (nSPS) is 13.7. The molecular formula is C18H28N4O4. The summed E-state index contributed by atoms with van der Waals surface area (Å²) in [6.07, 6.45) is 6.91. The first-order chi connectivity index (χ1) is 12.5. The fraction of sp³-hybridized carbons (Fsp3) is 0.667. The summed E-state index contributed by atoms with van der Waals surface area (Å²) in [7, 11) is 0. The van der Waals surface area contributed by atoms with Gasteiger partial charge in [-0.2, -0.15) is 10.2 Å². The topological polar surface area (TPSA) is 110 Å². The minimum absolute atomic E-state index is 0.214. The van der Waals surface area contributed by atoms with E-state index < -0.39 is 0 Å². The van der Waals surface area contributed by atoms with Gasteiger partial charge in [-0.05, 0) is 52.4 Å². The molecule has 144 valence electrons. The number of aromatic nitrogens is 4. The van der Waals surface area contributed by atoms with Crippen LogP contribution in [0.4, 0.5) is 0 Å². The van der Waals surface area contributed by atoms with E-state index in [-0.39, 0.29) is 17.8 Å². The van der Waals surface area contributed by atoms with Crippen molar-refractivity contribution in [3.63, 3.8) is 0 Å². The summed E-state index contributed by atoms with van der Waals surface area (Å²) in [5.74, 6) is 0.377. The van der Waals surface area contributed by atoms with Crippen molar-refractivity contribution in [3.8, 4) is 5.88 Å². The Hall–Kier alpha value is -2.06. The lowest BCUT2D eigenvalue weighted by molar-refractivity contribution is 0.176. The van der Waals surface area contributed by atoms with Crippen molar-refractivity contribution in [3.05, 3.63) is 22.7 Å². The number of ether oxygens (including phenoxy) is 1. The second-order valence-electron chi connectivity index (χ2n) is 6.69. The summed E-state index contributed by atoms with van der Waals surface area (Å²) in [5.41, 5.74) is -0.214. The first kappa shape index (κ1) is 20.3. The second-order valence-corrected chi connectivity index (χ2v) is 6.69. The second kappa shape index (κ2) is 10.2. The van der Waals surface area contributed by atoms with Crippen LogP contribution in [0.25, 0.3) is 10.8 Å². The van der Waals surface area contributed by atoms with E-state index in [1.807, 2.05) is 0 Å². The van der Waals surface area contributed by atoms with Crippen LogP contribution < -0.4 is 10.3 Å². The molecule has 26 heavy (non-hydrogen) atoms. The number of fused-ring (bicyclic) bond motifs is 1. The largest absolute Gasteiger partial charge is 0.476 e. The predicted molar refractivity (Wildman–Crippen MR) is 98.2 cm³/mol. The van der Waals surface area contributed by atoms with E-state index in [1.165, 1.54) is 17.1 Å². The maximum Gasteiger partial charge on any atom is 0.276 e. The van der Waals surface area contributed by atoms with Gasteiger partial charge in [0.05, 0.1) is 42.0 Å². The first-order valence-electron chi connectivity index (χ1n) is 9.19. The van der Waals surface area contributed by atoms with E-state index in [2.05, 4.69) is 15.3 Å². The van der Waals surface area contributed by atoms with Crippen LogP contribution in [0, 0.1) is 0 Å². The van der Waals surface area contributed by atoms with Gasteiger partial charge in [0.1, 0.15) is 0 Å². The highest BCUT2D eigenvalue weighted by atomic mass is 16.5. The van der Waals surface area contributed by atoms with E-state index in [9.17, 15) is 15.0 Å². The number of hydrogen-bond acceptors (Lipinski definition) is 7. The Kier molecular flexibility index (Phi) is 7.93. The number of nitrogens with zero attached hydrogens (tertiary/aromatic N) is 4. The number of aliphatic hydroxyl groups excluding tert-OH is 2. The van der Waals surface area contributed by atoms with Crippen LogP contribution in [0.15, 0.2) is 17.2 Å². The summed E-state index contributed by atoms with van der Waals surface area (Å²) in [5, 5.41) is 31.6. The van der Waals surface area contributed by atoms with Crippen LogP contribution >= 0.6 is 0 Å². The number of aryl methyl sites for hydroxylation is 1. The van der Waals surface area contributed by atoms with Crippen molar-refractivity contribution in [1.82, 2.24) is 20.0 Å². The number of aliphatic hydroxyl groups is 2. The van der Waals surface area contributed by atoms with Crippen LogP contribution in [0.2, 0.25) is 0 Å². The third kappa shape index (κ3) is 6.03. The zero-order valence-electron chi connectivity index (χ0n) is 15.5. The molecule has 2 aromatic heterocycles. The molecule has 2 aromatic rings. The third-order valence-corrected chi connectivity index (χ3v) is 4.13. The Morgan fingerprint density at radius 1 is 1.00 bits per heavy atom. The van der Waals surface area contributed by atoms with E-state index >= 15 is 0 Å². The van der Waals surface area contributed by atoms with Gasteiger partial charge < -0.3 is 14.9 Å². The molecule has 0 amide bonds. The number of unbranched alkanes of at least 4 members (excludes halogenated alkanes) is 2. The van der Waals surface area contributed by atoms with Gasteiger partial charge in [-0.25, -0.2) is 4.68 Å². The molecular weight excluding hydrogens is 336 g/mol.